The SMILES string of the molecule is C=C/C(=C\C=N/C)N1CCC2(C)C(=O)c3ccncc3N=C12. The molecule has 1 aromatic rings. The number of pyridine rings is 1. The van der Waals surface area contributed by atoms with Crippen LogP contribution in [-0.4, -0.2) is 41.3 Å². The second-order valence-corrected chi connectivity index (χ2v) is 5.59. The van der Waals surface area contributed by atoms with E-state index in [1.165, 1.54) is 0 Å². The van der Waals surface area contributed by atoms with Crippen molar-refractivity contribution in [3.05, 3.63) is 48.5 Å². The standard InChI is InChI=1S/C17H18N4O/c1-4-12(5-8-18-3)21-10-7-17(2)15(22)13-6-9-19-11-14(13)20-16(17)21/h4-6,8-9,11H,1,7,10H2,2-3H3/b12-5+,18-8-. The number of ketones is 1. The molecule has 112 valence electrons. The van der Waals surface area contributed by atoms with Gasteiger partial charge in [-0.25, -0.2) is 4.99 Å². The summed E-state index contributed by atoms with van der Waals surface area (Å²) in [5, 5.41) is 0. The summed E-state index contributed by atoms with van der Waals surface area (Å²) in [5.41, 5.74) is 1.61. The molecule has 1 fully saturated rings. The maximum atomic E-state index is 12.9. The Bertz CT molecular complexity index is 732. The minimum atomic E-state index is -0.584. The van der Waals surface area contributed by atoms with Crippen molar-refractivity contribution in [1.29, 1.82) is 0 Å². The van der Waals surface area contributed by atoms with Crippen LogP contribution in [0.4, 0.5) is 5.69 Å². The van der Waals surface area contributed by atoms with Crippen molar-refractivity contribution in [3.8, 4) is 0 Å². The molecule has 0 spiro atoms. The first kappa shape index (κ1) is 14.4. The van der Waals surface area contributed by atoms with Crippen molar-refractivity contribution in [2.24, 2.45) is 15.4 Å². The van der Waals surface area contributed by atoms with E-state index in [0.717, 1.165) is 24.5 Å². The Balaban J connectivity index is 2.12. The molecule has 1 atom stereocenters. The molecule has 0 saturated carbocycles. The van der Waals surface area contributed by atoms with Gasteiger partial charge in [0, 0.05) is 37.3 Å². The largest absolute Gasteiger partial charge is 0.329 e. The molecule has 2 aliphatic rings. The Labute approximate surface area is 129 Å². The molecule has 0 aromatic carbocycles. The summed E-state index contributed by atoms with van der Waals surface area (Å²) in [6, 6.07) is 1.75. The average Bonchev–Trinajstić information content (AvgIpc) is 2.87. The summed E-state index contributed by atoms with van der Waals surface area (Å²) in [6.07, 6.45) is 9.37. The molecule has 5 heteroatoms. The number of Topliss-reactive ketones (excluding diaryl/α,β-unsaturated/α-hetero) is 1. The number of hydrogen-bond acceptors (Lipinski definition) is 5. The van der Waals surface area contributed by atoms with Gasteiger partial charge in [-0.3, -0.25) is 14.8 Å². The van der Waals surface area contributed by atoms with Gasteiger partial charge in [0.2, 0.25) is 0 Å². The van der Waals surface area contributed by atoms with Gasteiger partial charge >= 0.3 is 0 Å². The lowest BCUT2D eigenvalue weighted by Crippen LogP contribution is -2.40. The normalized spacial score (nSPS) is 24.3. The minimum Gasteiger partial charge on any atom is -0.329 e. The van der Waals surface area contributed by atoms with Crippen molar-refractivity contribution in [2.75, 3.05) is 13.6 Å². The maximum Gasteiger partial charge on any atom is 0.178 e. The average molecular weight is 294 g/mol. The lowest BCUT2D eigenvalue weighted by Gasteiger charge is -2.30. The zero-order chi connectivity index (χ0) is 15.7. The van der Waals surface area contributed by atoms with E-state index < -0.39 is 5.41 Å². The third-order valence-electron chi connectivity index (χ3n) is 4.27. The van der Waals surface area contributed by atoms with E-state index >= 15 is 0 Å². The topological polar surface area (TPSA) is 57.9 Å². The van der Waals surface area contributed by atoms with E-state index in [1.807, 2.05) is 17.9 Å². The van der Waals surface area contributed by atoms with Crippen molar-refractivity contribution >= 4 is 23.5 Å². The van der Waals surface area contributed by atoms with Crippen LogP contribution in [0.15, 0.2) is 52.9 Å². The summed E-state index contributed by atoms with van der Waals surface area (Å²) in [6.45, 7) is 6.56. The second kappa shape index (κ2) is 5.33. The highest BCUT2D eigenvalue weighted by Gasteiger charge is 2.50. The summed E-state index contributed by atoms with van der Waals surface area (Å²) in [5.74, 6) is 0.888. The fourth-order valence-corrected chi connectivity index (χ4v) is 3.00. The predicted octanol–water partition coefficient (Wildman–Crippen LogP) is 2.79. The molecule has 0 aliphatic carbocycles. The van der Waals surface area contributed by atoms with Gasteiger partial charge in [0.15, 0.2) is 5.78 Å². The molecule has 1 unspecified atom stereocenters. The number of aliphatic imine (C=N–C) groups is 2. The molecule has 1 aromatic heterocycles. The molecule has 5 nitrogen and oxygen atoms in total. The highest BCUT2D eigenvalue weighted by molar-refractivity contribution is 6.21. The molecule has 0 bridgehead atoms. The molecule has 3 heterocycles. The molecule has 2 aliphatic heterocycles. The number of fused-ring (bicyclic) bond motifs is 2. The number of carbonyl (C=O) groups is 1. The molecule has 1 saturated heterocycles. The molecule has 0 amide bonds. The summed E-state index contributed by atoms with van der Waals surface area (Å²) in [7, 11) is 1.72. The lowest BCUT2D eigenvalue weighted by atomic mass is 9.78. The number of carbonyl (C=O) groups excluding carboxylic acids is 1. The third kappa shape index (κ3) is 2.01. The van der Waals surface area contributed by atoms with Crippen LogP contribution in [0.3, 0.4) is 0 Å². The van der Waals surface area contributed by atoms with Crippen LogP contribution in [0.2, 0.25) is 0 Å². The molecular formula is C17H18N4O. The molecule has 0 radical (unpaired) electrons. The van der Waals surface area contributed by atoms with Crippen molar-refractivity contribution in [3.63, 3.8) is 0 Å². The summed E-state index contributed by atoms with van der Waals surface area (Å²) < 4.78 is 0. The van der Waals surface area contributed by atoms with E-state index in [-0.39, 0.29) is 5.78 Å². The number of hydrogen-bond donors (Lipinski definition) is 0. The zero-order valence-corrected chi connectivity index (χ0v) is 12.8. The third-order valence-corrected chi connectivity index (χ3v) is 4.27. The quantitative estimate of drug-likeness (QED) is 0.636. The van der Waals surface area contributed by atoms with Crippen LogP contribution in [0.1, 0.15) is 23.7 Å². The Morgan fingerprint density at radius 3 is 3.09 bits per heavy atom. The highest BCUT2D eigenvalue weighted by Crippen LogP contribution is 2.43. The predicted molar refractivity (Wildman–Crippen MR) is 87.8 cm³/mol. The Morgan fingerprint density at radius 1 is 1.55 bits per heavy atom. The van der Waals surface area contributed by atoms with Gasteiger partial charge in [-0.1, -0.05) is 6.58 Å². The van der Waals surface area contributed by atoms with Gasteiger partial charge in [0.1, 0.15) is 5.84 Å². The van der Waals surface area contributed by atoms with Crippen molar-refractivity contribution < 1.29 is 4.79 Å². The smallest absolute Gasteiger partial charge is 0.178 e. The number of allylic oxidation sites excluding steroid dienone is 2. The van der Waals surface area contributed by atoms with Crippen LogP contribution < -0.4 is 0 Å². The van der Waals surface area contributed by atoms with Gasteiger partial charge in [-0.15, -0.1) is 0 Å². The van der Waals surface area contributed by atoms with E-state index in [2.05, 4.69) is 16.6 Å². The van der Waals surface area contributed by atoms with E-state index in [1.54, 1.807) is 37.8 Å². The van der Waals surface area contributed by atoms with Crippen molar-refractivity contribution in [2.45, 2.75) is 13.3 Å². The highest BCUT2D eigenvalue weighted by atomic mass is 16.1. The number of amidine groups is 1. The van der Waals surface area contributed by atoms with Gasteiger partial charge < -0.3 is 4.90 Å². The monoisotopic (exact) mass is 294 g/mol. The molecule has 0 N–H and O–H groups in total. The Kier molecular flexibility index (Phi) is 3.48. The van der Waals surface area contributed by atoms with E-state index in [9.17, 15) is 4.79 Å². The lowest BCUT2D eigenvalue weighted by molar-refractivity contribution is 0.0887. The number of likely N-dealkylation sites (tertiary alicyclic amines) is 1. The Hall–Kier alpha value is -2.56. The summed E-state index contributed by atoms with van der Waals surface area (Å²) in [4.78, 5) is 27.7. The van der Waals surface area contributed by atoms with Gasteiger partial charge in [0.25, 0.3) is 0 Å². The Morgan fingerprint density at radius 2 is 2.36 bits per heavy atom. The second-order valence-electron chi connectivity index (χ2n) is 5.59. The van der Waals surface area contributed by atoms with Crippen LogP contribution in [-0.2, 0) is 0 Å². The maximum absolute atomic E-state index is 12.9. The zero-order valence-electron chi connectivity index (χ0n) is 12.8. The van der Waals surface area contributed by atoms with E-state index in [0.29, 0.717) is 11.3 Å². The fourth-order valence-electron chi connectivity index (χ4n) is 3.00. The van der Waals surface area contributed by atoms with Crippen molar-refractivity contribution in [1.82, 2.24) is 9.88 Å². The minimum absolute atomic E-state index is 0.116. The van der Waals surface area contributed by atoms with Crippen LogP contribution in [0.25, 0.3) is 0 Å². The number of aromatic nitrogens is 1. The molecule has 22 heavy (non-hydrogen) atoms. The number of nitrogens with zero attached hydrogens (tertiary/aromatic N) is 4. The summed E-state index contributed by atoms with van der Waals surface area (Å²) >= 11 is 0. The van der Waals surface area contributed by atoms with Gasteiger partial charge in [0.05, 0.1) is 17.3 Å². The van der Waals surface area contributed by atoms with Crippen LogP contribution >= 0.6 is 0 Å². The first-order valence-corrected chi connectivity index (χ1v) is 7.22. The first-order valence-electron chi connectivity index (χ1n) is 7.22. The molecular weight excluding hydrogens is 276 g/mol. The van der Waals surface area contributed by atoms with Gasteiger partial charge in [-0.2, -0.15) is 0 Å². The van der Waals surface area contributed by atoms with Crippen LogP contribution in [0.5, 0.6) is 0 Å². The first-order chi connectivity index (χ1) is 10.6. The fraction of sp³-hybridized carbons (Fsp3) is 0.294. The molecule has 3 rings (SSSR count). The van der Waals surface area contributed by atoms with Gasteiger partial charge in [-0.05, 0) is 31.6 Å². The van der Waals surface area contributed by atoms with Crippen LogP contribution in [0, 0.1) is 5.41 Å². The van der Waals surface area contributed by atoms with E-state index in [4.69, 9.17) is 4.99 Å². The number of rotatable bonds is 3.